The molecule has 1 saturated heterocycles. The third-order valence-corrected chi connectivity index (χ3v) is 4.33. The number of aromatic hydroxyl groups is 1. The molecule has 0 saturated carbocycles. The molecule has 1 heterocycles. The third-order valence-electron chi connectivity index (χ3n) is 3.80. The molecule has 1 aliphatic rings. The van der Waals surface area contributed by atoms with Crippen molar-refractivity contribution in [3.8, 4) is 5.75 Å². The zero-order valence-corrected chi connectivity index (χ0v) is 14.4. The first-order valence-corrected chi connectivity index (χ1v) is 8.11. The van der Waals surface area contributed by atoms with E-state index in [0.29, 0.717) is 5.69 Å². The second kappa shape index (κ2) is 6.56. The van der Waals surface area contributed by atoms with E-state index >= 15 is 0 Å². The molecular formula is C17H13BrN2O5. The average molecular weight is 405 g/mol. The van der Waals surface area contributed by atoms with Gasteiger partial charge in [0.05, 0.1) is 12.1 Å². The van der Waals surface area contributed by atoms with E-state index in [-0.39, 0.29) is 17.7 Å². The first kappa shape index (κ1) is 17.0. The fraction of sp³-hybridized carbons (Fsp3) is 0.118. The van der Waals surface area contributed by atoms with E-state index in [1.54, 1.807) is 12.1 Å². The van der Waals surface area contributed by atoms with Crippen LogP contribution in [0, 0.1) is 0 Å². The summed E-state index contributed by atoms with van der Waals surface area (Å²) in [5.41, 5.74) is 0.533. The standard InChI is InChI=1S/C17H13BrN2O5/c18-9-1-3-10(4-2-9)19-13-8-15(22)20(16(13)23)11-5-6-12(17(24)25)14(21)7-11/h1-7,13,19,21H,8H2,(H,24,25). The van der Waals surface area contributed by atoms with Gasteiger partial charge in [0.1, 0.15) is 17.4 Å². The second-order valence-corrected chi connectivity index (χ2v) is 6.40. The van der Waals surface area contributed by atoms with E-state index in [1.807, 2.05) is 12.1 Å². The smallest absolute Gasteiger partial charge is 0.339 e. The zero-order valence-electron chi connectivity index (χ0n) is 12.8. The number of carboxylic acid groups (broad SMARTS) is 1. The summed E-state index contributed by atoms with van der Waals surface area (Å²) in [7, 11) is 0. The van der Waals surface area contributed by atoms with Gasteiger partial charge in [0.25, 0.3) is 5.91 Å². The van der Waals surface area contributed by atoms with Crippen LogP contribution in [0.3, 0.4) is 0 Å². The van der Waals surface area contributed by atoms with Crippen molar-refractivity contribution in [3.05, 3.63) is 52.5 Å². The monoisotopic (exact) mass is 404 g/mol. The van der Waals surface area contributed by atoms with Gasteiger partial charge in [-0.3, -0.25) is 9.59 Å². The molecule has 1 unspecified atom stereocenters. The highest BCUT2D eigenvalue weighted by Gasteiger charge is 2.39. The van der Waals surface area contributed by atoms with Gasteiger partial charge in [0.2, 0.25) is 5.91 Å². The predicted molar refractivity (Wildman–Crippen MR) is 93.7 cm³/mol. The van der Waals surface area contributed by atoms with E-state index in [2.05, 4.69) is 21.2 Å². The van der Waals surface area contributed by atoms with Crippen molar-refractivity contribution in [1.29, 1.82) is 0 Å². The maximum Gasteiger partial charge on any atom is 0.339 e. The Bertz CT molecular complexity index is 866. The number of carboxylic acids is 1. The maximum absolute atomic E-state index is 12.6. The minimum Gasteiger partial charge on any atom is -0.507 e. The molecule has 0 aromatic heterocycles. The van der Waals surface area contributed by atoms with Crippen LogP contribution in [-0.2, 0) is 9.59 Å². The number of nitrogens with zero attached hydrogens (tertiary/aromatic N) is 1. The molecule has 3 N–H and O–H groups in total. The number of carbonyl (C=O) groups is 3. The third kappa shape index (κ3) is 3.34. The van der Waals surface area contributed by atoms with Crippen molar-refractivity contribution < 1.29 is 24.6 Å². The van der Waals surface area contributed by atoms with E-state index in [4.69, 9.17) is 5.11 Å². The number of anilines is 2. The minimum atomic E-state index is -1.29. The van der Waals surface area contributed by atoms with Crippen LogP contribution in [0.1, 0.15) is 16.8 Å². The van der Waals surface area contributed by atoms with Gasteiger partial charge in [-0.1, -0.05) is 15.9 Å². The van der Waals surface area contributed by atoms with Crippen LogP contribution in [0.15, 0.2) is 46.9 Å². The number of imide groups is 1. The lowest BCUT2D eigenvalue weighted by Gasteiger charge is -2.17. The van der Waals surface area contributed by atoms with Crippen LogP contribution in [0.25, 0.3) is 0 Å². The highest BCUT2D eigenvalue weighted by atomic mass is 79.9. The molecule has 1 atom stereocenters. The Labute approximate surface area is 151 Å². The lowest BCUT2D eigenvalue weighted by molar-refractivity contribution is -0.121. The molecular weight excluding hydrogens is 392 g/mol. The lowest BCUT2D eigenvalue weighted by Crippen LogP contribution is -2.34. The Hall–Kier alpha value is -2.87. The fourth-order valence-corrected chi connectivity index (χ4v) is 2.87. The predicted octanol–water partition coefficient (Wildman–Crippen LogP) is 2.60. The van der Waals surface area contributed by atoms with Crippen molar-refractivity contribution in [2.45, 2.75) is 12.5 Å². The molecule has 2 aromatic rings. The summed E-state index contributed by atoms with van der Waals surface area (Å²) in [6, 6.07) is 10.0. The summed E-state index contributed by atoms with van der Waals surface area (Å²) in [6.45, 7) is 0. The summed E-state index contributed by atoms with van der Waals surface area (Å²) in [5, 5.41) is 21.7. The molecule has 128 valence electrons. The number of aromatic carboxylic acids is 1. The largest absolute Gasteiger partial charge is 0.507 e. The molecule has 2 amide bonds. The molecule has 1 aliphatic heterocycles. The van der Waals surface area contributed by atoms with E-state index in [0.717, 1.165) is 21.5 Å². The first-order valence-electron chi connectivity index (χ1n) is 7.32. The number of benzene rings is 2. The van der Waals surface area contributed by atoms with Gasteiger partial charge in [-0.05, 0) is 36.4 Å². The summed E-state index contributed by atoms with van der Waals surface area (Å²) in [6.07, 6.45) is -0.0314. The van der Waals surface area contributed by atoms with Crippen molar-refractivity contribution in [2.75, 3.05) is 10.2 Å². The fourth-order valence-electron chi connectivity index (χ4n) is 2.60. The molecule has 0 spiro atoms. The highest BCUT2D eigenvalue weighted by Crippen LogP contribution is 2.29. The van der Waals surface area contributed by atoms with Gasteiger partial charge >= 0.3 is 5.97 Å². The summed E-state index contributed by atoms with van der Waals surface area (Å²) < 4.78 is 0.891. The number of nitrogens with one attached hydrogen (secondary N) is 1. The Kier molecular flexibility index (Phi) is 4.45. The molecule has 25 heavy (non-hydrogen) atoms. The molecule has 1 fully saturated rings. The lowest BCUT2D eigenvalue weighted by atomic mass is 10.1. The number of hydrogen-bond acceptors (Lipinski definition) is 5. The van der Waals surface area contributed by atoms with Gasteiger partial charge < -0.3 is 15.5 Å². The Morgan fingerprint density at radius 2 is 1.84 bits per heavy atom. The molecule has 7 nitrogen and oxygen atoms in total. The van der Waals surface area contributed by atoms with Crippen LogP contribution in [0.4, 0.5) is 11.4 Å². The van der Waals surface area contributed by atoms with Gasteiger partial charge in [-0.25, -0.2) is 9.69 Å². The number of phenols is 1. The quantitative estimate of drug-likeness (QED) is 0.676. The Morgan fingerprint density at radius 1 is 1.16 bits per heavy atom. The van der Waals surface area contributed by atoms with Gasteiger partial charge in [-0.15, -0.1) is 0 Å². The molecule has 2 aromatic carbocycles. The van der Waals surface area contributed by atoms with Crippen LogP contribution in [0.5, 0.6) is 5.75 Å². The molecule has 0 aliphatic carbocycles. The van der Waals surface area contributed by atoms with E-state index in [1.165, 1.54) is 6.07 Å². The van der Waals surface area contributed by atoms with E-state index in [9.17, 15) is 19.5 Å². The van der Waals surface area contributed by atoms with Gasteiger partial charge in [-0.2, -0.15) is 0 Å². The summed E-state index contributed by atoms with van der Waals surface area (Å²) >= 11 is 3.32. The summed E-state index contributed by atoms with van der Waals surface area (Å²) in [5.74, 6) is -2.69. The normalized spacial score (nSPS) is 17.0. The Morgan fingerprint density at radius 3 is 2.44 bits per heavy atom. The van der Waals surface area contributed by atoms with Crippen molar-refractivity contribution >= 4 is 45.1 Å². The minimum absolute atomic E-state index is 0.0314. The topological polar surface area (TPSA) is 107 Å². The molecule has 3 rings (SSSR count). The molecule has 8 heteroatoms. The number of amides is 2. The Balaban J connectivity index is 1.82. The van der Waals surface area contributed by atoms with E-state index < -0.39 is 29.6 Å². The average Bonchev–Trinajstić information content (AvgIpc) is 2.83. The molecule has 0 radical (unpaired) electrons. The van der Waals surface area contributed by atoms with Gasteiger partial charge in [0, 0.05) is 16.2 Å². The van der Waals surface area contributed by atoms with Crippen LogP contribution < -0.4 is 10.2 Å². The second-order valence-electron chi connectivity index (χ2n) is 5.48. The van der Waals surface area contributed by atoms with Crippen LogP contribution >= 0.6 is 15.9 Å². The van der Waals surface area contributed by atoms with Crippen molar-refractivity contribution in [1.82, 2.24) is 0 Å². The van der Waals surface area contributed by atoms with Crippen LogP contribution in [0.2, 0.25) is 0 Å². The van der Waals surface area contributed by atoms with Crippen molar-refractivity contribution in [3.63, 3.8) is 0 Å². The first-order chi connectivity index (χ1) is 11.9. The van der Waals surface area contributed by atoms with Crippen LogP contribution in [-0.4, -0.2) is 34.0 Å². The highest BCUT2D eigenvalue weighted by molar-refractivity contribution is 9.10. The number of hydrogen-bond donors (Lipinski definition) is 3. The number of carbonyl (C=O) groups excluding carboxylic acids is 2. The maximum atomic E-state index is 12.6. The number of halogens is 1. The van der Waals surface area contributed by atoms with Gasteiger partial charge in [0.15, 0.2) is 0 Å². The number of rotatable bonds is 4. The SMILES string of the molecule is O=C(O)c1ccc(N2C(=O)CC(Nc3ccc(Br)cc3)C2=O)cc1O. The summed E-state index contributed by atoms with van der Waals surface area (Å²) in [4.78, 5) is 36.7. The van der Waals surface area contributed by atoms with Crippen molar-refractivity contribution in [2.24, 2.45) is 0 Å². The molecule has 0 bridgehead atoms. The zero-order chi connectivity index (χ0) is 18.1.